The first-order chi connectivity index (χ1) is 12.6. The summed E-state index contributed by atoms with van der Waals surface area (Å²) in [7, 11) is 1.61. The van der Waals surface area contributed by atoms with E-state index in [0.29, 0.717) is 5.02 Å². The second-order valence-corrected chi connectivity index (χ2v) is 6.22. The van der Waals surface area contributed by atoms with Crippen LogP contribution >= 0.6 is 11.6 Å². The zero-order valence-corrected chi connectivity index (χ0v) is 14.9. The van der Waals surface area contributed by atoms with E-state index in [4.69, 9.17) is 21.5 Å². The lowest BCUT2D eigenvalue weighted by atomic mass is 9.89. The molecule has 2 N–H and O–H groups in total. The summed E-state index contributed by atoms with van der Waals surface area (Å²) >= 11 is 6.11. The molecule has 0 aromatic heterocycles. The van der Waals surface area contributed by atoms with Gasteiger partial charge in [-0.05, 0) is 34.9 Å². The Hall–Kier alpha value is -2.82. The number of methoxy groups -OCH3 is 1. The molecule has 132 valence electrons. The smallest absolute Gasteiger partial charge is 0.255 e. The van der Waals surface area contributed by atoms with Crippen LogP contribution in [-0.2, 0) is 4.79 Å². The Labute approximate surface area is 157 Å². The third-order valence-electron chi connectivity index (χ3n) is 4.22. The highest BCUT2D eigenvalue weighted by molar-refractivity contribution is 6.31. The standard InChI is InChI=1S/C21H18ClNO3/c1-26-19-12-11-17(22)13-18(19)14-7-9-16(10-8-14)20(21(24)23-25)15-5-3-2-4-6-15/h2-13,20,25H,1H3,(H,23,24). The maximum Gasteiger partial charge on any atom is 0.255 e. The molecule has 0 saturated heterocycles. The third-order valence-corrected chi connectivity index (χ3v) is 4.46. The van der Waals surface area contributed by atoms with Gasteiger partial charge in [-0.1, -0.05) is 66.2 Å². The molecule has 0 aliphatic carbocycles. The lowest BCUT2D eigenvalue weighted by molar-refractivity contribution is -0.129. The number of benzene rings is 3. The van der Waals surface area contributed by atoms with Crippen molar-refractivity contribution in [2.75, 3.05) is 7.11 Å². The van der Waals surface area contributed by atoms with Crippen molar-refractivity contribution in [2.45, 2.75) is 5.92 Å². The minimum absolute atomic E-state index is 0.482. The molecule has 3 aromatic rings. The summed E-state index contributed by atoms with van der Waals surface area (Å²) in [6.07, 6.45) is 0. The van der Waals surface area contributed by atoms with E-state index < -0.39 is 11.8 Å². The first kappa shape index (κ1) is 18.0. The molecule has 0 aliphatic heterocycles. The molecular formula is C21H18ClNO3. The van der Waals surface area contributed by atoms with Crippen molar-refractivity contribution in [3.8, 4) is 16.9 Å². The summed E-state index contributed by atoms with van der Waals surface area (Å²) < 4.78 is 5.40. The van der Waals surface area contributed by atoms with Gasteiger partial charge in [0.25, 0.3) is 5.91 Å². The van der Waals surface area contributed by atoms with Gasteiger partial charge in [-0.2, -0.15) is 0 Å². The van der Waals surface area contributed by atoms with E-state index in [1.165, 1.54) is 0 Å². The molecule has 0 spiro atoms. The molecule has 1 amide bonds. The second kappa shape index (κ2) is 8.04. The van der Waals surface area contributed by atoms with E-state index in [0.717, 1.165) is 28.0 Å². The van der Waals surface area contributed by atoms with Gasteiger partial charge in [0.05, 0.1) is 13.0 Å². The topological polar surface area (TPSA) is 58.6 Å². The first-order valence-corrected chi connectivity index (χ1v) is 8.44. The average Bonchev–Trinajstić information content (AvgIpc) is 2.69. The van der Waals surface area contributed by atoms with Gasteiger partial charge in [0, 0.05) is 10.6 Å². The number of hydroxylamine groups is 1. The normalized spacial score (nSPS) is 11.7. The minimum Gasteiger partial charge on any atom is -0.496 e. The molecule has 3 rings (SSSR count). The zero-order chi connectivity index (χ0) is 18.5. The number of carbonyl (C=O) groups excluding carboxylic acids is 1. The Morgan fingerprint density at radius 3 is 2.27 bits per heavy atom. The fourth-order valence-electron chi connectivity index (χ4n) is 2.97. The molecule has 0 saturated carbocycles. The predicted octanol–water partition coefficient (Wildman–Crippen LogP) is 4.65. The maximum absolute atomic E-state index is 12.2. The first-order valence-electron chi connectivity index (χ1n) is 8.07. The fraction of sp³-hybridized carbons (Fsp3) is 0.0952. The summed E-state index contributed by atoms with van der Waals surface area (Å²) in [5.41, 5.74) is 5.12. The molecule has 3 aromatic carbocycles. The summed E-state index contributed by atoms with van der Waals surface area (Å²) in [6, 6.07) is 22.3. The van der Waals surface area contributed by atoms with Crippen molar-refractivity contribution >= 4 is 17.5 Å². The van der Waals surface area contributed by atoms with Crippen LogP contribution in [0.3, 0.4) is 0 Å². The molecule has 1 atom stereocenters. The quantitative estimate of drug-likeness (QED) is 0.509. The lowest BCUT2D eigenvalue weighted by Crippen LogP contribution is -2.27. The monoisotopic (exact) mass is 367 g/mol. The molecular weight excluding hydrogens is 350 g/mol. The van der Waals surface area contributed by atoms with Gasteiger partial charge in [0.1, 0.15) is 5.75 Å². The minimum atomic E-state index is -0.600. The van der Waals surface area contributed by atoms with E-state index in [9.17, 15) is 4.79 Å². The Bertz CT molecular complexity index is 895. The van der Waals surface area contributed by atoms with Crippen LogP contribution in [-0.4, -0.2) is 18.2 Å². The van der Waals surface area contributed by atoms with Gasteiger partial charge in [-0.3, -0.25) is 10.0 Å². The van der Waals surface area contributed by atoms with Crippen LogP contribution in [0.1, 0.15) is 17.0 Å². The van der Waals surface area contributed by atoms with E-state index in [1.807, 2.05) is 66.7 Å². The van der Waals surface area contributed by atoms with E-state index in [-0.39, 0.29) is 0 Å². The Morgan fingerprint density at radius 1 is 1.00 bits per heavy atom. The SMILES string of the molecule is COc1ccc(Cl)cc1-c1ccc(C(C(=O)NO)c2ccccc2)cc1. The molecule has 1 unspecified atom stereocenters. The molecule has 0 aliphatic rings. The van der Waals surface area contributed by atoms with Crippen molar-refractivity contribution in [1.29, 1.82) is 0 Å². The van der Waals surface area contributed by atoms with Gasteiger partial charge in [0.2, 0.25) is 0 Å². The summed E-state index contributed by atoms with van der Waals surface area (Å²) in [4.78, 5) is 12.2. The third kappa shape index (κ3) is 3.72. The molecule has 0 radical (unpaired) electrons. The van der Waals surface area contributed by atoms with Crippen LogP contribution in [0.25, 0.3) is 11.1 Å². The summed E-state index contributed by atoms with van der Waals surface area (Å²) in [5.74, 6) is -0.365. The molecule has 0 heterocycles. The number of rotatable bonds is 5. The van der Waals surface area contributed by atoms with E-state index >= 15 is 0 Å². The van der Waals surface area contributed by atoms with Gasteiger partial charge >= 0.3 is 0 Å². The number of ether oxygens (including phenoxy) is 1. The van der Waals surface area contributed by atoms with Crippen LogP contribution in [0, 0.1) is 0 Å². The van der Waals surface area contributed by atoms with Crippen molar-refractivity contribution in [3.05, 3.63) is 88.9 Å². The van der Waals surface area contributed by atoms with Crippen LogP contribution in [0.15, 0.2) is 72.8 Å². The number of nitrogens with one attached hydrogen (secondary N) is 1. The molecule has 0 fully saturated rings. The zero-order valence-electron chi connectivity index (χ0n) is 14.1. The molecule has 5 heteroatoms. The number of hydrogen-bond acceptors (Lipinski definition) is 3. The highest BCUT2D eigenvalue weighted by Crippen LogP contribution is 2.34. The van der Waals surface area contributed by atoms with Gasteiger partial charge in [-0.15, -0.1) is 0 Å². The lowest BCUT2D eigenvalue weighted by Gasteiger charge is -2.17. The van der Waals surface area contributed by atoms with Crippen molar-refractivity contribution < 1.29 is 14.7 Å². The summed E-state index contributed by atoms with van der Waals surface area (Å²) in [6.45, 7) is 0. The second-order valence-electron chi connectivity index (χ2n) is 5.79. The van der Waals surface area contributed by atoms with Crippen molar-refractivity contribution in [1.82, 2.24) is 5.48 Å². The number of hydrogen-bond donors (Lipinski definition) is 2. The number of halogens is 1. The summed E-state index contributed by atoms with van der Waals surface area (Å²) in [5, 5.41) is 9.75. The maximum atomic E-state index is 12.2. The van der Waals surface area contributed by atoms with Crippen molar-refractivity contribution in [3.63, 3.8) is 0 Å². The van der Waals surface area contributed by atoms with Crippen molar-refractivity contribution in [2.24, 2.45) is 0 Å². The van der Waals surface area contributed by atoms with Crippen LogP contribution in [0.2, 0.25) is 5.02 Å². The number of carbonyl (C=O) groups is 1. The van der Waals surface area contributed by atoms with Crippen LogP contribution < -0.4 is 10.2 Å². The Morgan fingerprint density at radius 2 is 1.65 bits per heavy atom. The Balaban J connectivity index is 2.00. The van der Waals surface area contributed by atoms with E-state index in [2.05, 4.69) is 0 Å². The molecule has 4 nitrogen and oxygen atoms in total. The largest absolute Gasteiger partial charge is 0.496 e. The molecule has 26 heavy (non-hydrogen) atoms. The average molecular weight is 368 g/mol. The number of amides is 1. The van der Waals surface area contributed by atoms with E-state index in [1.54, 1.807) is 18.7 Å². The highest BCUT2D eigenvalue weighted by Gasteiger charge is 2.22. The van der Waals surface area contributed by atoms with Crippen LogP contribution in [0.5, 0.6) is 5.75 Å². The Kier molecular flexibility index (Phi) is 5.56. The van der Waals surface area contributed by atoms with Gasteiger partial charge < -0.3 is 4.74 Å². The van der Waals surface area contributed by atoms with Gasteiger partial charge in [-0.25, -0.2) is 5.48 Å². The molecule has 0 bridgehead atoms. The van der Waals surface area contributed by atoms with Crippen LogP contribution in [0.4, 0.5) is 0 Å². The fourth-order valence-corrected chi connectivity index (χ4v) is 3.14. The highest BCUT2D eigenvalue weighted by atomic mass is 35.5. The predicted molar refractivity (Wildman–Crippen MR) is 102 cm³/mol. The van der Waals surface area contributed by atoms with Gasteiger partial charge in [0.15, 0.2) is 0 Å².